The number of nitrogens with zero attached hydrogens (tertiary/aromatic N) is 1. The van der Waals surface area contributed by atoms with Crippen molar-refractivity contribution in [3.63, 3.8) is 0 Å². The summed E-state index contributed by atoms with van der Waals surface area (Å²) in [4.78, 5) is 13.8. The van der Waals surface area contributed by atoms with Gasteiger partial charge < -0.3 is 4.74 Å². The van der Waals surface area contributed by atoms with Crippen molar-refractivity contribution in [2.24, 2.45) is 0 Å². The highest BCUT2D eigenvalue weighted by molar-refractivity contribution is 5.70. The van der Waals surface area contributed by atoms with E-state index in [-0.39, 0.29) is 12.0 Å². The van der Waals surface area contributed by atoms with Crippen LogP contribution in [-0.4, -0.2) is 37.1 Å². The summed E-state index contributed by atoms with van der Waals surface area (Å²) in [5.74, 6) is -0.191. The third-order valence-corrected chi connectivity index (χ3v) is 3.19. The van der Waals surface area contributed by atoms with Crippen LogP contribution in [0.1, 0.15) is 12.0 Å². The summed E-state index contributed by atoms with van der Waals surface area (Å²) in [5, 5.41) is 0. The number of carbonyl (C=O) groups excluding carboxylic acids is 1. The normalized spacial score (nSPS) is 11.9. The number of rotatable bonds is 9. The van der Waals surface area contributed by atoms with Gasteiger partial charge in [0.25, 0.3) is 0 Å². The van der Waals surface area contributed by atoms with Crippen LogP contribution >= 0.6 is 0 Å². The van der Waals surface area contributed by atoms with Gasteiger partial charge in [-0.25, -0.2) is 0 Å². The molecule has 0 aliphatic carbocycles. The fourth-order valence-electron chi connectivity index (χ4n) is 2.20. The van der Waals surface area contributed by atoms with Crippen LogP contribution in [-0.2, 0) is 16.0 Å². The van der Waals surface area contributed by atoms with Gasteiger partial charge in [-0.05, 0) is 12.0 Å². The van der Waals surface area contributed by atoms with Crippen LogP contribution in [0.25, 0.3) is 0 Å². The Hall–Kier alpha value is -1.87. The Balaban J connectivity index is 2.84. The maximum Gasteiger partial charge on any atom is 0.307 e. The highest BCUT2D eigenvalue weighted by atomic mass is 16.5. The highest BCUT2D eigenvalue weighted by Gasteiger charge is 2.20. The molecule has 3 nitrogen and oxygen atoms in total. The van der Waals surface area contributed by atoms with E-state index in [9.17, 15) is 4.79 Å². The lowest BCUT2D eigenvalue weighted by Crippen LogP contribution is -2.39. The first-order valence-corrected chi connectivity index (χ1v) is 6.77. The van der Waals surface area contributed by atoms with Gasteiger partial charge in [-0.3, -0.25) is 9.69 Å². The fraction of sp³-hybridized carbons (Fsp3) is 0.353. The summed E-state index contributed by atoms with van der Waals surface area (Å²) in [7, 11) is 1.42. The lowest BCUT2D eigenvalue weighted by molar-refractivity contribution is -0.142. The van der Waals surface area contributed by atoms with E-state index in [1.165, 1.54) is 12.7 Å². The van der Waals surface area contributed by atoms with Gasteiger partial charge in [0.1, 0.15) is 0 Å². The molecule has 3 heteroatoms. The molecule has 108 valence electrons. The Bertz CT molecular complexity index is 418. The molecule has 0 aliphatic heterocycles. The minimum absolute atomic E-state index is 0.0841. The van der Waals surface area contributed by atoms with Gasteiger partial charge in [0.05, 0.1) is 13.5 Å². The minimum Gasteiger partial charge on any atom is -0.469 e. The van der Waals surface area contributed by atoms with Gasteiger partial charge >= 0.3 is 5.97 Å². The van der Waals surface area contributed by atoms with Crippen LogP contribution in [0.2, 0.25) is 0 Å². The van der Waals surface area contributed by atoms with Crippen LogP contribution in [0.5, 0.6) is 0 Å². The quantitative estimate of drug-likeness (QED) is 0.512. The SMILES string of the molecule is C=CCN(CC=C)[C@H](CC(=O)OC)Cc1ccccc1. The first-order valence-electron chi connectivity index (χ1n) is 6.77. The van der Waals surface area contributed by atoms with Gasteiger partial charge in [-0.15, -0.1) is 13.2 Å². The predicted molar refractivity (Wildman–Crippen MR) is 82.5 cm³/mol. The van der Waals surface area contributed by atoms with Crippen molar-refractivity contribution in [3.8, 4) is 0 Å². The average Bonchev–Trinajstić information content (AvgIpc) is 2.47. The Morgan fingerprint density at radius 3 is 2.35 bits per heavy atom. The molecule has 0 aromatic heterocycles. The highest BCUT2D eigenvalue weighted by Crippen LogP contribution is 2.13. The third kappa shape index (κ3) is 5.41. The smallest absolute Gasteiger partial charge is 0.307 e. The first kappa shape index (κ1) is 16.2. The Morgan fingerprint density at radius 2 is 1.85 bits per heavy atom. The van der Waals surface area contributed by atoms with Crippen molar-refractivity contribution < 1.29 is 9.53 Å². The molecule has 1 rings (SSSR count). The van der Waals surface area contributed by atoms with E-state index in [0.29, 0.717) is 6.42 Å². The monoisotopic (exact) mass is 273 g/mol. The van der Waals surface area contributed by atoms with Crippen LogP contribution < -0.4 is 0 Å². The Labute approximate surface area is 121 Å². The molecular formula is C17H23NO2. The summed E-state index contributed by atoms with van der Waals surface area (Å²) in [6, 6.07) is 10.2. The summed E-state index contributed by atoms with van der Waals surface area (Å²) in [5.41, 5.74) is 1.21. The zero-order valence-corrected chi connectivity index (χ0v) is 12.1. The van der Waals surface area contributed by atoms with E-state index in [4.69, 9.17) is 4.74 Å². The van der Waals surface area contributed by atoms with Crippen molar-refractivity contribution in [2.45, 2.75) is 18.9 Å². The molecule has 0 saturated carbocycles. The fourth-order valence-corrected chi connectivity index (χ4v) is 2.20. The molecular weight excluding hydrogens is 250 g/mol. The molecule has 0 unspecified atom stereocenters. The number of carbonyl (C=O) groups is 1. The van der Waals surface area contributed by atoms with E-state index >= 15 is 0 Å². The molecule has 0 saturated heterocycles. The van der Waals surface area contributed by atoms with Crippen molar-refractivity contribution in [2.75, 3.05) is 20.2 Å². The van der Waals surface area contributed by atoms with Crippen molar-refractivity contribution >= 4 is 5.97 Å². The second-order valence-corrected chi connectivity index (χ2v) is 4.66. The van der Waals surface area contributed by atoms with Gasteiger partial charge in [0.15, 0.2) is 0 Å². The van der Waals surface area contributed by atoms with Gasteiger partial charge in [0, 0.05) is 19.1 Å². The number of benzene rings is 1. The lowest BCUT2D eigenvalue weighted by atomic mass is 10.0. The topological polar surface area (TPSA) is 29.5 Å². The van der Waals surface area contributed by atoms with Gasteiger partial charge in [-0.1, -0.05) is 42.5 Å². The second-order valence-electron chi connectivity index (χ2n) is 4.66. The molecule has 0 fully saturated rings. The lowest BCUT2D eigenvalue weighted by Gasteiger charge is -2.29. The van der Waals surface area contributed by atoms with E-state index in [2.05, 4.69) is 30.2 Å². The van der Waals surface area contributed by atoms with Crippen LogP contribution in [0.4, 0.5) is 0 Å². The van der Waals surface area contributed by atoms with Crippen molar-refractivity contribution in [3.05, 3.63) is 61.2 Å². The zero-order valence-electron chi connectivity index (χ0n) is 12.1. The first-order chi connectivity index (χ1) is 9.71. The predicted octanol–water partition coefficient (Wildman–Crippen LogP) is 2.83. The van der Waals surface area contributed by atoms with Crippen LogP contribution in [0, 0.1) is 0 Å². The van der Waals surface area contributed by atoms with Gasteiger partial charge in [0.2, 0.25) is 0 Å². The molecule has 0 N–H and O–H groups in total. The summed E-state index contributed by atoms with van der Waals surface area (Å²) in [6.45, 7) is 9.00. The zero-order chi connectivity index (χ0) is 14.8. The van der Waals surface area contributed by atoms with Crippen LogP contribution in [0.15, 0.2) is 55.6 Å². The second kappa shape index (κ2) is 9.10. The summed E-state index contributed by atoms with van der Waals surface area (Å²) < 4.78 is 4.81. The number of ether oxygens (including phenoxy) is 1. The van der Waals surface area contributed by atoms with E-state index < -0.39 is 0 Å². The average molecular weight is 273 g/mol. The molecule has 1 aromatic carbocycles. The van der Waals surface area contributed by atoms with Gasteiger partial charge in [-0.2, -0.15) is 0 Å². The molecule has 20 heavy (non-hydrogen) atoms. The molecule has 0 aliphatic rings. The summed E-state index contributed by atoms with van der Waals surface area (Å²) in [6.07, 6.45) is 4.86. The molecule has 0 spiro atoms. The maximum atomic E-state index is 11.6. The molecule has 0 amide bonds. The van der Waals surface area contributed by atoms with Crippen molar-refractivity contribution in [1.82, 2.24) is 4.90 Å². The minimum atomic E-state index is -0.191. The molecule has 0 radical (unpaired) electrons. The largest absolute Gasteiger partial charge is 0.469 e. The Morgan fingerprint density at radius 1 is 1.25 bits per heavy atom. The number of methoxy groups -OCH3 is 1. The van der Waals surface area contributed by atoms with E-state index in [0.717, 1.165) is 19.5 Å². The van der Waals surface area contributed by atoms with Crippen LogP contribution in [0.3, 0.4) is 0 Å². The number of esters is 1. The number of hydrogen-bond acceptors (Lipinski definition) is 3. The van der Waals surface area contributed by atoms with E-state index in [1.807, 2.05) is 30.4 Å². The molecule has 1 atom stereocenters. The molecule has 1 aromatic rings. The van der Waals surface area contributed by atoms with E-state index in [1.54, 1.807) is 0 Å². The maximum absolute atomic E-state index is 11.6. The number of hydrogen-bond donors (Lipinski definition) is 0. The molecule has 0 bridgehead atoms. The summed E-state index contributed by atoms with van der Waals surface area (Å²) >= 11 is 0. The Kier molecular flexibility index (Phi) is 7.36. The third-order valence-electron chi connectivity index (χ3n) is 3.19. The van der Waals surface area contributed by atoms with Crippen molar-refractivity contribution in [1.29, 1.82) is 0 Å². The standard InChI is InChI=1S/C17H23NO2/c1-4-11-18(12-5-2)16(14-17(19)20-3)13-15-9-7-6-8-10-15/h4-10,16H,1-2,11-14H2,3H3/t16-/m0/s1. The molecule has 0 heterocycles.